The number of hydrogen-bond donors (Lipinski definition) is 1. The Labute approximate surface area is 86.3 Å². The summed E-state index contributed by atoms with van der Waals surface area (Å²) in [6, 6.07) is 0.380. The van der Waals surface area contributed by atoms with Crippen LogP contribution >= 0.6 is 15.9 Å². The van der Waals surface area contributed by atoms with Crippen molar-refractivity contribution < 1.29 is 0 Å². The molecule has 0 atom stereocenters. The van der Waals surface area contributed by atoms with Gasteiger partial charge in [-0.05, 0) is 29.8 Å². The largest absolute Gasteiger partial charge is 0.368 e. The lowest BCUT2D eigenvalue weighted by molar-refractivity contribution is 0.740. The Morgan fingerprint density at radius 1 is 1.54 bits per heavy atom. The van der Waals surface area contributed by atoms with Crippen molar-refractivity contribution in [2.75, 3.05) is 17.7 Å². The molecule has 1 heterocycles. The van der Waals surface area contributed by atoms with E-state index in [1.165, 1.54) is 0 Å². The number of rotatable bonds is 2. The molecule has 13 heavy (non-hydrogen) atoms. The lowest BCUT2D eigenvalue weighted by Gasteiger charge is -2.23. The first kappa shape index (κ1) is 10.2. The Hall–Kier alpha value is -0.840. The number of nitrogens with zero attached hydrogens (tertiary/aromatic N) is 3. The van der Waals surface area contributed by atoms with Crippen LogP contribution in [0.5, 0.6) is 0 Å². The Morgan fingerprint density at radius 3 is 2.69 bits per heavy atom. The molecule has 72 valence electrons. The molecule has 1 rings (SSSR count). The van der Waals surface area contributed by atoms with Crippen molar-refractivity contribution in [1.29, 1.82) is 0 Å². The summed E-state index contributed by atoms with van der Waals surface area (Å²) in [4.78, 5) is 10.0. The molecule has 0 saturated heterocycles. The van der Waals surface area contributed by atoms with Crippen molar-refractivity contribution in [3.8, 4) is 0 Å². The van der Waals surface area contributed by atoms with Crippen LogP contribution in [0.4, 0.5) is 11.8 Å². The Morgan fingerprint density at radius 2 is 2.15 bits per heavy atom. The predicted molar refractivity (Wildman–Crippen MR) is 57.7 cm³/mol. The number of aromatic nitrogens is 2. The van der Waals surface area contributed by atoms with E-state index in [9.17, 15) is 0 Å². The number of nitrogens with two attached hydrogens (primary N) is 1. The quantitative estimate of drug-likeness (QED) is 0.860. The van der Waals surface area contributed by atoms with Gasteiger partial charge in [0.2, 0.25) is 5.95 Å². The molecule has 0 saturated carbocycles. The smallest absolute Gasteiger partial charge is 0.222 e. The van der Waals surface area contributed by atoms with Crippen LogP contribution in [0, 0.1) is 0 Å². The normalized spacial score (nSPS) is 10.5. The molecule has 0 aliphatic rings. The van der Waals surface area contributed by atoms with E-state index in [1.807, 2.05) is 11.9 Å². The highest BCUT2D eigenvalue weighted by atomic mass is 79.9. The molecular formula is C8H13BrN4. The van der Waals surface area contributed by atoms with Gasteiger partial charge in [-0.15, -0.1) is 0 Å². The highest BCUT2D eigenvalue weighted by Gasteiger charge is 2.10. The maximum atomic E-state index is 5.50. The maximum Gasteiger partial charge on any atom is 0.222 e. The summed E-state index contributed by atoms with van der Waals surface area (Å²) < 4.78 is 0.859. The summed E-state index contributed by atoms with van der Waals surface area (Å²) in [7, 11) is 1.97. The van der Waals surface area contributed by atoms with Crippen LogP contribution < -0.4 is 10.6 Å². The lowest BCUT2D eigenvalue weighted by Crippen LogP contribution is -2.27. The van der Waals surface area contributed by atoms with E-state index in [0.717, 1.165) is 10.3 Å². The summed E-state index contributed by atoms with van der Waals surface area (Å²) in [5.74, 6) is 1.12. The first-order valence-corrected chi connectivity index (χ1v) is 4.82. The number of halogens is 1. The third-order valence-electron chi connectivity index (χ3n) is 1.85. The van der Waals surface area contributed by atoms with E-state index in [1.54, 1.807) is 6.20 Å². The number of nitrogen functional groups attached to an aromatic ring is 1. The fraction of sp³-hybridized carbons (Fsp3) is 0.500. The minimum absolute atomic E-state index is 0.297. The number of anilines is 2. The molecule has 5 heteroatoms. The van der Waals surface area contributed by atoms with Crippen molar-refractivity contribution >= 4 is 27.7 Å². The highest BCUT2D eigenvalue weighted by molar-refractivity contribution is 9.10. The van der Waals surface area contributed by atoms with Crippen LogP contribution in [-0.4, -0.2) is 23.1 Å². The standard InChI is InChI=1S/C8H13BrN4/c1-5(2)13(3)7-6(9)4-11-8(10)12-7/h4-5H,1-3H3,(H2,10,11,12). The Balaban J connectivity index is 3.05. The number of hydrogen-bond acceptors (Lipinski definition) is 4. The van der Waals surface area contributed by atoms with E-state index in [0.29, 0.717) is 12.0 Å². The lowest BCUT2D eigenvalue weighted by atomic mass is 10.3. The fourth-order valence-corrected chi connectivity index (χ4v) is 1.33. The minimum Gasteiger partial charge on any atom is -0.368 e. The molecule has 0 aliphatic carbocycles. The van der Waals surface area contributed by atoms with Crippen molar-refractivity contribution in [3.63, 3.8) is 0 Å². The molecule has 0 amide bonds. The van der Waals surface area contributed by atoms with E-state index in [2.05, 4.69) is 39.7 Å². The molecule has 0 unspecified atom stereocenters. The van der Waals surface area contributed by atoms with Crippen LogP contribution in [0.15, 0.2) is 10.7 Å². The average Bonchev–Trinajstić information content (AvgIpc) is 2.08. The zero-order valence-electron chi connectivity index (χ0n) is 7.95. The van der Waals surface area contributed by atoms with Gasteiger partial charge < -0.3 is 10.6 Å². The molecule has 1 aromatic heterocycles. The zero-order valence-corrected chi connectivity index (χ0v) is 9.54. The van der Waals surface area contributed by atoms with Gasteiger partial charge in [0.25, 0.3) is 0 Å². The van der Waals surface area contributed by atoms with Gasteiger partial charge in [0.15, 0.2) is 0 Å². The predicted octanol–water partition coefficient (Wildman–Crippen LogP) is 1.67. The molecule has 0 fully saturated rings. The minimum atomic E-state index is 0.297. The van der Waals surface area contributed by atoms with Crippen LogP contribution in [0.1, 0.15) is 13.8 Å². The van der Waals surface area contributed by atoms with Crippen molar-refractivity contribution in [2.45, 2.75) is 19.9 Å². The van der Waals surface area contributed by atoms with Crippen molar-refractivity contribution in [3.05, 3.63) is 10.7 Å². The fourth-order valence-electron chi connectivity index (χ4n) is 0.863. The second kappa shape index (κ2) is 3.91. The second-order valence-corrected chi connectivity index (χ2v) is 3.96. The first-order chi connectivity index (χ1) is 6.02. The molecule has 0 aromatic carbocycles. The molecule has 0 radical (unpaired) electrons. The van der Waals surface area contributed by atoms with Gasteiger partial charge in [0.05, 0.1) is 4.47 Å². The topological polar surface area (TPSA) is 55.0 Å². The molecular weight excluding hydrogens is 232 g/mol. The van der Waals surface area contributed by atoms with Crippen LogP contribution in [-0.2, 0) is 0 Å². The van der Waals surface area contributed by atoms with Gasteiger partial charge in [-0.2, -0.15) is 4.98 Å². The Kier molecular flexibility index (Phi) is 3.08. The third kappa shape index (κ3) is 2.30. The molecule has 0 bridgehead atoms. The SMILES string of the molecule is CC(C)N(C)c1nc(N)ncc1Br. The first-order valence-electron chi connectivity index (χ1n) is 4.03. The van der Waals surface area contributed by atoms with Crippen molar-refractivity contribution in [2.24, 2.45) is 0 Å². The van der Waals surface area contributed by atoms with Crippen LogP contribution in [0.2, 0.25) is 0 Å². The van der Waals surface area contributed by atoms with Gasteiger partial charge in [-0.3, -0.25) is 0 Å². The molecule has 1 aromatic rings. The summed E-state index contributed by atoms with van der Waals surface area (Å²) in [6.07, 6.45) is 1.66. The van der Waals surface area contributed by atoms with Gasteiger partial charge in [0.1, 0.15) is 5.82 Å². The van der Waals surface area contributed by atoms with E-state index < -0.39 is 0 Å². The average molecular weight is 245 g/mol. The maximum absolute atomic E-state index is 5.50. The van der Waals surface area contributed by atoms with E-state index in [4.69, 9.17) is 5.73 Å². The van der Waals surface area contributed by atoms with E-state index in [-0.39, 0.29) is 0 Å². The van der Waals surface area contributed by atoms with Gasteiger partial charge in [-0.1, -0.05) is 0 Å². The zero-order chi connectivity index (χ0) is 10.0. The summed E-state index contributed by atoms with van der Waals surface area (Å²) in [6.45, 7) is 4.18. The second-order valence-electron chi connectivity index (χ2n) is 3.10. The molecule has 2 N–H and O–H groups in total. The molecule has 0 aliphatic heterocycles. The summed E-state index contributed by atoms with van der Waals surface area (Å²) in [5, 5.41) is 0. The monoisotopic (exact) mass is 244 g/mol. The molecule has 0 spiro atoms. The summed E-state index contributed by atoms with van der Waals surface area (Å²) >= 11 is 3.38. The van der Waals surface area contributed by atoms with Gasteiger partial charge in [-0.25, -0.2) is 4.98 Å². The highest BCUT2D eigenvalue weighted by Crippen LogP contribution is 2.23. The van der Waals surface area contributed by atoms with Crippen LogP contribution in [0.25, 0.3) is 0 Å². The van der Waals surface area contributed by atoms with Gasteiger partial charge >= 0.3 is 0 Å². The summed E-state index contributed by atoms with van der Waals surface area (Å²) in [5.41, 5.74) is 5.50. The Bertz CT molecular complexity index is 300. The van der Waals surface area contributed by atoms with E-state index >= 15 is 0 Å². The third-order valence-corrected chi connectivity index (χ3v) is 2.41. The molecule has 4 nitrogen and oxygen atoms in total. The van der Waals surface area contributed by atoms with Crippen LogP contribution in [0.3, 0.4) is 0 Å². The van der Waals surface area contributed by atoms with Gasteiger partial charge in [0, 0.05) is 19.3 Å². The van der Waals surface area contributed by atoms with Crippen molar-refractivity contribution in [1.82, 2.24) is 9.97 Å².